The molecule has 0 spiro atoms. The summed E-state index contributed by atoms with van der Waals surface area (Å²) in [5.74, 6) is 1.22. The Bertz CT molecular complexity index is 987. The van der Waals surface area contributed by atoms with Gasteiger partial charge in [-0.3, -0.25) is 4.99 Å². The SMILES string of the molecule is CCOc1ccc(N(Cc2ccccc2C)C2=NC3CS(=O)(=O)CC3S2)cc1. The fourth-order valence-electron chi connectivity index (χ4n) is 3.59. The third-order valence-electron chi connectivity index (χ3n) is 5.09. The second kappa shape index (κ2) is 7.79. The van der Waals surface area contributed by atoms with Gasteiger partial charge in [0.2, 0.25) is 0 Å². The lowest BCUT2D eigenvalue weighted by atomic mass is 10.1. The van der Waals surface area contributed by atoms with E-state index in [4.69, 9.17) is 9.73 Å². The number of anilines is 1. The van der Waals surface area contributed by atoms with Crippen LogP contribution in [-0.4, -0.2) is 43.0 Å². The molecule has 28 heavy (non-hydrogen) atoms. The molecule has 0 bridgehead atoms. The number of sulfone groups is 1. The van der Waals surface area contributed by atoms with E-state index in [2.05, 4.69) is 24.0 Å². The van der Waals surface area contributed by atoms with Gasteiger partial charge in [0.05, 0.1) is 30.7 Å². The number of hydrogen-bond donors (Lipinski definition) is 0. The van der Waals surface area contributed by atoms with Crippen LogP contribution in [0, 0.1) is 6.92 Å². The third kappa shape index (κ3) is 4.05. The Morgan fingerprint density at radius 3 is 2.57 bits per heavy atom. The summed E-state index contributed by atoms with van der Waals surface area (Å²) >= 11 is 1.59. The molecule has 5 nitrogen and oxygen atoms in total. The van der Waals surface area contributed by atoms with Crippen LogP contribution in [0.4, 0.5) is 5.69 Å². The molecule has 0 aliphatic carbocycles. The standard InChI is InChI=1S/C21H24N2O3S2/c1-3-26-18-10-8-17(9-11-18)23(12-16-7-5-4-6-15(16)2)21-22-19-13-28(24,25)14-20(19)27-21/h4-11,19-20H,3,12-14H2,1-2H3. The lowest BCUT2D eigenvalue weighted by Crippen LogP contribution is -2.28. The van der Waals surface area contributed by atoms with Crippen molar-refractivity contribution in [3.63, 3.8) is 0 Å². The predicted octanol–water partition coefficient (Wildman–Crippen LogP) is 3.67. The lowest BCUT2D eigenvalue weighted by Gasteiger charge is -2.25. The fourth-order valence-corrected chi connectivity index (χ4v) is 7.37. The first-order valence-corrected chi connectivity index (χ1v) is 12.1. The van der Waals surface area contributed by atoms with E-state index in [0.29, 0.717) is 13.2 Å². The highest BCUT2D eigenvalue weighted by Crippen LogP contribution is 2.37. The van der Waals surface area contributed by atoms with Gasteiger partial charge in [-0.2, -0.15) is 0 Å². The largest absolute Gasteiger partial charge is 0.494 e. The topological polar surface area (TPSA) is 59.0 Å². The molecule has 2 aliphatic rings. The van der Waals surface area contributed by atoms with Gasteiger partial charge >= 0.3 is 0 Å². The molecule has 0 amide bonds. The Balaban J connectivity index is 1.65. The van der Waals surface area contributed by atoms with Crippen LogP contribution in [-0.2, 0) is 16.4 Å². The molecule has 0 radical (unpaired) electrons. The zero-order chi connectivity index (χ0) is 19.7. The van der Waals surface area contributed by atoms with E-state index in [1.165, 1.54) is 11.1 Å². The molecule has 2 aliphatic heterocycles. The van der Waals surface area contributed by atoms with E-state index in [-0.39, 0.29) is 22.8 Å². The molecule has 4 rings (SSSR count). The van der Waals surface area contributed by atoms with Gasteiger partial charge < -0.3 is 9.64 Å². The van der Waals surface area contributed by atoms with Crippen molar-refractivity contribution in [1.82, 2.24) is 0 Å². The van der Waals surface area contributed by atoms with Crippen LogP contribution in [0.5, 0.6) is 5.75 Å². The molecule has 0 aromatic heterocycles. The highest BCUT2D eigenvalue weighted by atomic mass is 32.2. The molecule has 2 heterocycles. The Morgan fingerprint density at radius 2 is 1.89 bits per heavy atom. The molecule has 2 atom stereocenters. The molecule has 2 unspecified atom stereocenters. The summed E-state index contributed by atoms with van der Waals surface area (Å²) < 4.78 is 29.4. The Hall–Kier alpha value is -1.99. The molecular formula is C21H24N2O3S2. The second-order valence-electron chi connectivity index (χ2n) is 7.15. The van der Waals surface area contributed by atoms with Gasteiger partial charge in [0.15, 0.2) is 15.0 Å². The van der Waals surface area contributed by atoms with Crippen LogP contribution in [0.1, 0.15) is 18.1 Å². The van der Waals surface area contributed by atoms with Crippen LogP contribution in [0.25, 0.3) is 0 Å². The lowest BCUT2D eigenvalue weighted by molar-refractivity contribution is 0.340. The van der Waals surface area contributed by atoms with Crippen molar-refractivity contribution in [1.29, 1.82) is 0 Å². The number of ether oxygens (including phenoxy) is 1. The van der Waals surface area contributed by atoms with Gasteiger partial charge in [0.25, 0.3) is 0 Å². The highest BCUT2D eigenvalue weighted by Gasteiger charge is 2.44. The number of fused-ring (bicyclic) bond motifs is 1. The van der Waals surface area contributed by atoms with Crippen molar-refractivity contribution < 1.29 is 13.2 Å². The van der Waals surface area contributed by atoms with Gasteiger partial charge in [0.1, 0.15) is 5.75 Å². The van der Waals surface area contributed by atoms with Crippen molar-refractivity contribution in [2.75, 3.05) is 23.0 Å². The Labute approximate surface area is 170 Å². The molecule has 0 saturated carbocycles. The minimum atomic E-state index is -2.96. The zero-order valence-electron chi connectivity index (χ0n) is 16.0. The summed E-state index contributed by atoms with van der Waals surface area (Å²) in [6.07, 6.45) is 0. The van der Waals surface area contributed by atoms with E-state index < -0.39 is 9.84 Å². The molecule has 7 heteroatoms. The van der Waals surface area contributed by atoms with Crippen LogP contribution in [0.2, 0.25) is 0 Å². The molecule has 148 valence electrons. The normalized spacial score (nSPS) is 22.6. The van der Waals surface area contributed by atoms with Gasteiger partial charge in [-0.1, -0.05) is 36.0 Å². The third-order valence-corrected chi connectivity index (χ3v) is 8.33. The first-order chi connectivity index (χ1) is 13.4. The number of benzene rings is 2. The van der Waals surface area contributed by atoms with Crippen molar-refractivity contribution in [2.45, 2.75) is 31.7 Å². The van der Waals surface area contributed by atoms with Crippen molar-refractivity contribution in [3.8, 4) is 5.75 Å². The molecule has 1 saturated heterocycles. The summed E-state index contributed by atoms with van der Waals surface area (Å²) in [7, 11) is -2.96. The minimum absolute atomic E-state index is 0.0297. The van der Waals surface area contributed by atoms with Gasteiger partial charge in [-0.25, -0.2) is 8.42 Å². The quantitative estimate of drug-likeness (QED) is 0.744. The molecular weight excluding hydrogens is 392 g/mol. The summed E-state index contributed by atoms with van der Waals surface area (Å²) in [6.45, 7) is 5.40. The summed E-state index contributed by atoms with van der Waals surface area (Å²) in [4.78, 5) is 6.99. The smallest absolute Gasteiger partial charge is 0.164 e. The van der Waals surface area contributed by atoms with E-state index in [1.54, 1.807) is 11.8 Å². The van der Waals surface area contributed by atoms with E-state index in [1.807, 2.05) is 43.3 Å². The number of aryl methyl sites for hydroxylation is 1. The van der Waals surface area contributed by atoms with Crippen molar-refractivity contribution in [2.24, 2.45) is 4.99 Å². The van der Waals surface area contributed by atoms with E-state index in [9.17, 15) is 8.42 Å². The maximum atomic E-state index is 11.9. The maximum absolute atomic E-state index is 11.9. The predicted molar refractivity (Wildman–Crippen MR) is 116 cm³/mol. The maximum Gasteiger partial charge on any atom is 0.164 e. The number of hydrogen-bond acceptors (Lipinski definition) is 6. The number of aliphatic imine (C=N–C) groups is 1. The highest BCUT2D eigenvalue weighted by molar-refractivity contribution is 8.15. The van der Waals surface area contributed by atoms with Crippen molar-refractivity contribution in [3.05, 3.63) is 59.7 Å². The number of nitrogens with zero attached hydrogens (tertiary/aromatic N) is 2. The Morgan fingerprint density at radius 1 is 1.14 bits per heavy atom. The van der Waals surface area contributed by atoms with Gasteiger partial charge in [-0.15, -0.1) is 0 Å². The van der Waals surface area contributed by atoms with Crippen LogP contribution in [0.15, 0.2) is 53.5 Å². The summed E-state index contributed by atoms with van der Waals surface area (Å²) in [5.41, 5.74) is 3.48. The van der Waals surface area contributed by atoms with E-state index >= 15 is 0 Å². The van der Waals surface area contributed by atoms with Crippen LogP contribution in [0.3, 0.4) is 0 Å². The number of amidine groups is 1. The average molecular weight is 417 g/mol. The first-order valence-electron chi connectivity index (χ1n) is 9.45. The summed E-state index contributed by atoms with van der Waals surface area (Å²) in [6, 6.07) is 16.2. The second-order valence-corrected chi connectivity index (χ2v) is 10.5. The molecule has 1 fully saturated rings. The number of thioether (sulfide) groups is 1. The average Bonchev–Trinajstić information content (AvgIpc) is 3.15. The van der Waals surface area contributed by atoms with Crippen molar-refractivity contribution >= 4 is 32.5 Å². The monoisotopic (exact) mass is 416 g/mol. The molecule has 2 aromatic rings. The molecule has 0 N–H and O–H groups in total. The fraction of sp³-hybridized carbons (Fsp3) is 0.381. The summed E-state index contributed by atoms with van der Waals surface area (Å²) in [5, 5.41) is 0.930. The van der Waals surface area contributed by atoms with Gasteiger partial charge in [-0.05, 0) is 49.2 Å². The van der Waals surface area contributed by atoms with Crippen LogP contribution < -0.4 is 9.64 Å². The Kier molecular flexibility index (Phi) is 5.38. The number of rotatable bonds is 5. The zero-order valence-corrected chi connectivity index (χ0v) is 17.7. The first kappa shape index (κ1) is 19.3. The van der Waals surface area contributed by atoms with E-state index in [0.717, 1.165) is 16.6 Å². The van der Waals surface area contributed by atoms with Gasteiger partial charge in [0, 0.05) is 10.9 Å². The van der Waals surface area contributed by atoms with Crippen LogP contribution >= 0.6 is 11.8 Å². The minimum Gasteiger partial charge on any atom is -0.494 e. The molecule has 2 aromatic carbocycles.